The van der Waals surface area contributed by atoms with Crippen LogP contribution in [0.1, 0.15) is 49.7 Å². The molecule has 1 aliphatic rings. The summed E-state index contributed by atoms with van der Waals surface area (Å²) in [6.07, 6.45) is -0.00854. The van der Waals surface area contributed by atoms with Crippen molar-refractivity contribution in [3.05, 3.63) is 22.8 Å². The Balaban J connectivity index is 2.16. The molecule has 0 bridgehead atoms. The van der Waals surface area contributed by atoms with E-state index in [0.717, 1.165) is 43.5 Å². The molecule has 1 N–H and O–H groups in total. The molecule has 0 aliphatic carbocycles. The summed E-state index contributed by atoms with van der Waals surface area (Å²) in [6, 6.07) is 0. The lowest BCUT2D eigenvalue weighted by atomic mass is 10.1. The SMILES string of the molecule is Cc1nc(C2CN(C)CCO2)nc(C)c1CNC(C)(C)C. The predicted molar refractivity (Wildman–Crippen MR) is 84.3 cm³/mol. The lowest BCUT2D eigenvalue weighted by molar-refractivity contribution is -0.0256. The highest BCUT2D eigenvalue weighted by molar-refractivity contribution is 5.25. The minimum Gasteiger partial charge on any atom is -0.368 e. The number of rotatable bonds is 3. The Morgan fingerprint density at radius 3 is 2.38 bits per heavy atom. The summed E-state index contributed by atoms with van der Waals surface area (Å²) in [4.78, 5) is 11.6. The average molecular weight is 292 g/mol. The molecule has 1 unspecified atom stereocenters. The lowest BCUT2D eigenvalue weighted by Gasteiger charge is -2.29. The third-order valence-electron chi connectivity index (χ3n) is 3.79. The first-order valence-electron chi connectivity index (χ1n) is 7.65. The summed E-state index contributed by atoms with van der Waals surface area (Å²) in [5.74, 6) is 0.816. The monoisotopic (exact) mass is 292 g/mol. The van der Waals surface area contributed by atoms with E-state index < -0.39 is 0 Å². The van der Waals surface area contributed by atoms with Gasteiger partial charge in [0.15, 0.2) is 5.82 Å². The van der Waals surface area contributed by atoms with Gasteiger partial charge in [0.1, 0.15) is 6.10 Å². The van der Waals surface area contributed by atoms with E-state index >= 15 is 0 Å². The van der Waals surface area contributed by atoms with Crippen LogP contribution in [0.5, 0.6) is 0 Å². The van der Waals surface area contributed by atoms with Crippen LogP contribution in [-0.2, 0) is 11.3 Å². The van der Waals surface area contributed by atoms with Gasteiger partial charge in [-0.15, -0.1) is 0 Å². The fourth-order valence-electron chi connectivity index (χ4n) is 2.45. The highest BCUT2D eigenvalue weighted by Gasteiger charge is 2.23. The second-order valence-electron chi connectivity index (χ2n) is 6.96. The third-order valence-corrected chi connectivity index (χ3v) is 3.79. The van der Waals surface area contributed by atoms with Crippen LogP contribution in [0.25, 0.3) is 0 Å². The molecule has 1 fully saturated rings. The van der Waals surface area contributed by atoms with Crippen LogP contribution in [0.3, 0.4) is 0 Å². The Bertz CT molecular complexity index is 473. The lowest BCUT2D eigenvalue weighted by Crippen LogP contribution is -2.37. The van der Waals surface area contributed by atoms with Crippen LogP contribution in [-0.4, -0.2) is 47.2 Å². The Morgan fingerprint density at radius 2 is 1.86 bits per heavy atom. The molecule has 1 atom stereocenters. The number of likely N-dealkylation sites (N-methyl/N-ethyl adjacent to an activating group) is 1. The summed E-state index contributed by atoms with van der Waals surface area (Å²) in [6.45, 7) is 14.0. The van der Waals surface area contributed by atoms with E-state index in [1.807, 2.05) is 0 Å². The minimum atomic E-state index is -0.00854. The number of aromatic nitrogens is 2. The molecule has 21 heavy (non-hydrogen) atoms. The number of morpholine rings is 1. The highest BCUT2D eigenvalue weighted by Crippen LogP contribution is 2.21. The number of nitrogens with one attached hydrogen (secondary N) is 1. The summed E-state index contributed by atoms with van der Waals surface area (Å²) < 4.78 is 5.82. The topological polar surface area (TPSA) is 50.3 Å². The van der Waals surface area contributed by atoms with E-state index in [2.05, 4.69) is 61.9 Å². The third kappa shape index (κ3) is 4.46. The van der Waals surface area contributed by atoms with Crippen LogP contribution in [0.15, 0.2) is 0 Å². The maximum absolute atomic E-state index is 5.82. The zero-order valence-corrected chi connectivity index (χ0v) is 14.2. The normalized spacial score (nSPS) is 20.8. The molecule has 1 aromatic rings. The van der Waals surface area contributed by atoms with Gasteiger partial charge in [0.05, 0.1) is 6.61 Å². The molecule has 5 heteroatoms. The molecule has 1 saturated heterocycles. The van der Waals surface area contributed by atoms with Crippen molar-refractivity contribution in [3.63, 3.8) is 0 Å². The highest BCUT2D eigenvalue weighted by atomic mass is 16.5. The van der Waals surface area contributed by atoms with Gasteiger partial charge in [0.25, 0.3) is 0 Å². The largest absolute Gasteiger partial charge is 0.368 e. The van der Waals surface area contributed by atoms with E-state index in [0.29, 0.717) is 0 Å². The molecule has 0 amide bonds. The van der Waals surface area contributed by atoms with E-state index in [9.17, 15) is 0 Å². The van der Waals surface area contributed by atoms with Gasteiger partial charge in [-0.25, -0.2) is 9.97 Å². The standard InChI is InChI=1S/C16H28N4O/c1-11-13(9-17-16(3,4)5)12(2)19-15(18-11)14-10-20(6)7-8-21-14/h14,17H,7-10H2,1-6H3. The number of hydrogen-bond acceptors (Lipinski definition) is 5. The van der Waals surface area contributed by atoms with Crippen molar-refractivity contribution >= 4 is 0 Å². The maximum atomic E-state index is 5.82. The number of aryl methyl sites for hydroxylation is 2. The Labute approximate surface area is 128 Å². The molecule has 118 valence electrons. The van der Waals surface area contributed by atoms with Crippen molar-refractivity contribution in [2.24, 2.45) is 0 Å². The zero-order valence-electron chi connectivity index (χ0n) is 14.2. The van der Waals surface area contributed by atoms with E-state index in [4.69, 9.17) is 4.74 Å². The van der Waals surface area contributed by atoms with Gasteiger partial charge in [-0.2, -0.15) is 0 Å². The van der Waals surface area contributed by atoms with Gasteiger partial charge in [-0.1, -0.05) is 0 Å². The van der Waals surface area contributed by atoms with Gasteiger partial charge in [0, 0.05) is 42.1 Å². The van der Waals surface area contributed by atoms with Crippen molar-refractivity contribution in [1.29, 1.82) is 0 Å². The van der Waals surface area contributed by atoms with Gasteiger partial charge < -0.3 is 15.0 Å². The van der Waals surface area contributed by atoms with Crippen LogP contribution < -0.4 is 5.32 Å². The molecule has 2 rings (SSSR count). The maximum Gasteiger partial charge on any atom is 0.158 e. The summed E-state index contributed by atoms with van der Waals surface area (Å²) >= 11 is 0. The molecular formula is C16H28N4O. The molecule has 1 aliphatic heterocycles. The van der Waals surface area contributed by atoms with Gasteiger partial charge in [-0.05, 0) is 41.7 Å². The first-order chi connectivity index (χ1) is 9.76. The van der Waals surface area contributed by atoms with E-state index in [1.165, 1.54) is 5.56 Å². The Hall–Kier alpha value is -1.04. The number of hydrogen-bond donors (Lipinski definition) is 1. The summed E-state index contributed by atoms with van der Waals surface area (Å²) in [5, 5.41) is 3.51. The molecule has 0 aromatic carbocycles. The second kappa shape index (κ2) is 6.38. The van der Waals surface area contributed by atoms with E-state index in [-0.39, 0.29) is 11.6 Å². The molecule has 0 saturated carbocycles. The predicted octanol–water partition coefficient (Wildman–Crippen LogP) is 1.98. The van der Waals surface area contributed by atoms with Gasteiger partial charge in [0.2, 0.25) is 0 Å². The summed E-state index contributed by atoms with van der Waals surface area (Å²) in [5.41, 5.74) is 3.38. The van der Waals surface area contributed by atoms with Crippen molar-refractivity contribution in [2.45, 2.75) is 52.8 Å². The first kappa shape index (κ1) is 16.3. The van der Waals surface area contributed by atoms with E-state index in [1.54, 1.807) is 0 Å². The van der Waals surface area contributed by atoms with Crippen molar-refractivity contribution in [1.82, 2.24) is 20.2 Å². The molecule has 0 radical (unpaired) electrons. The Morgan fingerprint density at radius 1 is 1.24 bits per heavy atom. The summed E-state index contributed by atoms with van der Waals surface area (Å²) in [7, 11) is 2.11. The van der Waals surface area contributed by atoms with Crippen LogP contribution in [0, 0.1) is 13.8 Å². The fraction of sp³-hybridized carbons (Fsp3) is 0.750. The average Bonchev–Trinajstić information content (AvgIpc) is 2.36. The molecule has 1 aromatic heterocycles. The van der Waals surface area contributed by atoms with Crippen molar-refractivity contribution in [3.8, 4) is 0 Å². The number of nitrogens with zero attached hydrogens (tertiary/aromatic N) is 3. The smallest absolute Gasteiger partial charge is 0.158 e. The van der Waals surface area contributed by atoms with Crippen LogP contribution in [0.4, 0.5) is 0 Å². The molecule has 2 heterocycles. The minimum absolute atomic E-state index is 0.00854. The van der Waals surface area contributed by atoms with Crippen molar-refractivity contribution < 1.29 is 4.74 Å². The van der Waals surface area contributed by atoms with Crippen LogP contribution in [0.2, 0.25) is 0 Å². The van der Waals surface area contributed by atoms with Crippen LogP contribution >= 0.6 is 0 Å². The molecule has 0 spiro atoms. The van der Waals surface area contributed by atoms with Gasteiger partial charge in [-0.3, -0.25) is 0 Å². The second-order valence-corrected chi connectivity index (χ2v) is 6.96. The molecular weight excluding hydrogens is 264 g/mol. The number of ether oxygens (including phenoxy) is 1. The Kier molecular flexibility index (Phi) is 4.96. The van der Waals surface area contributed by atoms with Crippen molar-refractivity contribution in [2.75, 3.05) is 26.7 Å². The fourth-order valence-corrected chi connectivity index (χ4v) is 2.45. The quantitative estimate of drug-likeness (QED) is 0.923. The molecule has 5 nitrogen and oxygen atoms in total. The zero-order chi connectivity index (χ0) is 15.6. The van der Waals surface area contributed by atoms with Gasteiger partial charge >= 0.3 is 0 Å². The first-order valence-corrected chi connectivity index (χ1v) is 7.65.